The van der Waals surface area contributed by atoms with Gasteiger partial charge in [0.05, 0.1) is 11.4 Å². The average Bonchev–Trinajstić information content (AvgIpc) is 2.19. The van der Waals surface area contributed by atoms with Crippen LogP contribution in [-0.4, -0.2) is 35.7 Å². The first-order valence-corrected chi connectivity index (χ1v) is 4.68. The fraction of sp³-hybridized carbons (Fsp3) is 0.455. The minimum Gasteiger partial charge on any atom is -0.306 e. The first-order chi connectivity index (χ1) is 6.61. The van der Waals surface area contributed by atoms with Gasteiger partial charge < -0.3 is 10.3 Å². The van der Waals surface area contributed by atoms with Crippen LogP contribution in [0.3, 0.4) is 0 Å². The molecule has 3 nitrogen and oxygen atoms in total. The van der Waals surface area contributed by atoms with Gasteiger partial charge in [0, 0.05) is 24.7 Å². The fourth-order valence-electron chi connectivity index (χ4n) is 1.06. The van der Waals surface area contributed by atoms with Crippen LogP contribution in [-0.2, 0) is 0 Å². The van der Waals surface area contributed by atoms with Crippen molar-refractivity contribution in [2.75, 3.05) is 14.1 Å². The topological polar surface area (TPSA) is 40.0 Å². The van der Waals surface area contributed by atoms with Gasteiger partial charge in [-0.25, -0.2) is 0 Å². The number of hydrogen-bond acceptors (Lipinski definition) is 3. The largest absolute Gasteiger partial charge is 0.306 e. The predicted octanol–water partition coefficient (Wildman–Crippen LogP) is 1.59. The molecule has 0 fully saturated rings. The fourth-order valence-corrected chi connectivity index (χ4v) is 1.06. The number of nitrogens with zero attached hydrogens (tertiary/aromatic N) is 2. The van der Waals surface area contributed by atoms with Crippen molar-refractivity contribution < 1.29 is 0 Å². The van der Waals surface area contributed by atoms with Gasteiger partial charge >= 0.3 is 0 Å². The van der Waals surface area contributed by atoms with E-state index < -0.39 is 0 Å². The average molecular weight is 190 g/mol. The lowest BCUT2D eigenvalue weighted by atomic mass is 10.1. The highest BCUT2D eigenvalue weighted by Crippen LogP contribution is 2.04. The summed E-state index contributed by atoms with van der Waals surface area (Å²) >= 11 is 0. The Bertz CT molecular complexity index is 293. The van der Waals surface area contributed by atoms with Crippen LogP contribution >= 0.6 is 0 Å². The van der Waals surface area contributed by atoms with Crippen LogP contribution in [0.25, 0.3) is 0 Å². The molecule has 1 rings (SSSR count). The van der Waals surface area contributed by atoms with Crippen molar-refractivity contribution in [3.8, 4) is 0 Å². The van der Waals surface area contributed by atoms with E-state index in [1.807, 2.05) is 20.2 Å². The van der Waals surface area contributed by atoms with Crippen molar-refractivity contribution in [1.82, 2.24) is 9.88 Å². The van der Waals surface area contributed by atoms with Crippen LogP contribution in [0, 0.1) is 11.5 Å². The highest BCUT2D eigenvalue weighted by molar-refractivity contribution is 5.96. The van der Waals surface area contributed by atoms with E-state index in [2.05, 4.69) is 22.9 Å². The van der Waals surface area contributed by atoms with Gasteiger partial charge in [-0.15, -0.1) is 0 Å². The molecule has 1 aromatic rings. The molecule has 1 atom stereocenters. The number of nitrogens with one attached hydrogen (secondary N) is 1. The molecule has 3 heteroatoms. The molecule has 1 radical (unpaired) electrons. The molecule has 1 N–H and O–H groups in total. The zero-order chi connectivity index (χ0) is 10.6. The van der Waals surface area contributed by atoms with Crippen LogP contribution in [0.15, 0.2) is 18.3 Å². The lowest BCUT2D eigenvalue weighted by Gasteiger charge is -2.19. The summed E-state index contributed by atoms with van der Waals surface area (Å²) in [5.74, 6) is 0. The first-order valence-electron chi connectivity index (χ1n) is 4.68. The quantitative estimate of drug-likeness (QED) is 0.732. The second-order valence-corrected chi connectivity index (χ2v) is 3.63. The van der Waals surface area contributed by atoms with E-state index >= 15 is 0 Å². The van der Waals surface area contributed by atoms with Crippen molar-refractivity contribution in [2.45, 2.75) is 19.4 Å². The van der Waals surface area contributed by atoms with Crippen LogP contribution in [0.2, 0.25) is 0 Å². The highest BCUT2D eigenvalue weighted by atomic mass is 15.1. The van der Waals surface area contributed by atoms with Gasteiger partial charge in [-0.2, -0.15) is 0 Å². The van der Waals surface area contributed by atoms with Crippen LogP contribution < -0.4 is 0 Å². The molecule has 0 aliphatic rings. The first kappa shape index (κ1) is 10.9. The third-order valence-corrected chi connectivity index (χ3v) is 2.27. The maximum Gasteiger partial charge on any atom is 0.0916 e. The Hall–Kier alpha value is -1.22. The molecule has 0 spiro atoms. The van der Waals surface area contributed by atoms with Crippen molar-refractivity contribution in [3.63, 3.8) is 0 Å². The van der Waals surface area contributed by atoms with E-state index in [0.717, 1.165) is 0 Å². The minimum absolute atomic E-state index is 0.359. The molecule has 0 unspecified atom stereocenters. The van der Waals surface area contributed by atoms with Gasteiger partial charge in [0.2, 0.25) is 0 Å². The summed E-state index contributed by atoms with van der Waals surface area (Å²) in [6.07, 6.45) is 2.40. The van der Waals surface area contributed by atoms with Gasteiger partial charge in [-0.3, -0.25) is 4.98 Å². The smallest absolute Gasteiger partial charge is 0.0916 e. The molecule has 0 aliphatic carbocycles. The zero-order valence-electron chi connectivity index (χ0n) is 8.91. The zero-order valence-corrected chi connectivity index (χ0v) is 8.91. The summed E-state index contributed by atoms with van der Waals surface area (Å²) in [4.78, 5) is 6.19. The van der Waals surface area contributed by atoms with Gasteiger partial charge in [-0.1, -0.05) is 6.07 Å². The number of aromatic nitrogens is 1. The summed E-state index contributed by atoms with van der Waals surface area (Å²) in [6, 6.07) is 6.92. The molecule has 0 amide bonds. The summed E-state index contributed by atoms with van der Waals surface area (Å²) < 4.78 is 0. The summed E-state index contributed by atoms with van der Waals surface area (Å²) in [6.45, 7) is 2.09. The Morgan fingerprint density at radius 3 is 2.86 bits per heavy atom. The van der Waals surface area contributed by atoms with Gasteiger partial charge in [0.1, 0.15) is 0 Å². The van der Waals surface area contributed by atoms with Gasteiger partial charge in [0.25, 0.3) is 0 Å². The Morgan fingerprint density at radius 2 is 2.36 bits per heavy atom. The van der Waals surface area contributed by atoms with Crippen molar-refractivity contribution >= 4 is 5.71 Å². The molecule has 0 bridgehead atoms. The van der Waals surface area contributed by atoms with Crippen LogP contribution in [0.5, 0.6) is 0 Å². The van der Waals surface area contributed by atoms with E-state index in [1.54, 1.807) is 12.3 Å². The van der Waals surface area contributed by atoms with Crippen molar-refractivity contribution in [3.05, 3.63) is 30.1 Å². The monoisotopic (exact) mass is 190 g/mol. The normalized spacial score (nSPS) is 12.9. The molecular formula is C11H16N3. The van der Waals surface area contributed by atoms with E-state index in [-0.39, 0.29) is 0 Å². The van der Waals surface area contributed by atoms with Gasteiger partial charge in [-0.05, 0) is 27.1 Å². The lowest BCUT2D eigenvalue weighted by molar-refractivity contribution is 0.321. The number of pyridine rings is 1. The van der Waals surface area contributed by atoms with E-state index in [1.165, 1.54) is 0 Å². The Kier molecular flexibility index (Phi) is 3.77. The summed E-state index contributed by atoms with van der Waals surface area (Å²) in [5, 5.41) is 7.83. The lowest BCUT2D eigenvalue weighted by Crippen LogP contribution is -2.27. The van der Waals surface area contributed by atoms with Crippen LogP contribution in [0.1, 0.15) is 19.0 Å². The molecule has 1 aromatic heterocycles. The molecular weight excluding hydrogens is 174 g/mol. The van der Waals surface area contributed by atoms with Gasteiger partial charge in [0.15, 0.2) is 0 Å². The molecule has 0 aromatic carbocycles. The summed E-state index contributed by atoms with van der Waals surface area (Å²) in [7, 11) is 4.03. The van der Waals surface area contributed by atoms with Crippen LogP contribution in [0.4, 0.5) is 0 Å². The standard InChI is InChI=1S/C11H16N3/c1-9(14(2)3)8-10(12)11-6-4-5-7-13-11/h4-5,7,9,12H,8H2,1-3H3/t9-/m0/s1. The molecule has 0 saturated heterocycles. The van der Waals surface area contributed by atoms with Crippen molar-refractivity contribution in [2.24, 2.45) is 0 Å². The maximum atomic E-state index is 7.83. The minimum atomic E-state index is 0.359. The summed E-state index contributed by atoms with van der Waals surface area (Å²) in [5.41, 5.74) is 1.20. The van der Waals surface area contributed by atoms with E-state index in [4.69, 9.17) is 5.41 Å². The highest BCUT2D eigenvalue weighted by Gasteiger charge is 2.10. The number of rotatable bonds is 4. The second kappa shape index (κ2) is 4.86. The third kappa shape index (κ3) is 2.92. The Labute approximate surface area is 85.3 Å². The Morgan fingerprint density at radius 1 is 1.64 bits per heavy atom. The molecule has 0 aliphatic heterocycles. The van der Waals surface area contributed by atoms with E-state index in [0.29, 0.717) is 23.9 Å². The predicted molar refractivity (Wildman–Crippen MR) is 57.7 cm³/mol. The second-order valence-electron chi connectivity index (χ2n) is 3.63. The molecule has 1 heterocycles. The van der Waals surface area contributed by atoms with E-state index in [9.17, 15) is 0 Å². The Balaban J connectivity index is 2.60. The maximum absolute atomic E-state index is 7.83. The molecule has 14 heavy (non-hydrogen) atoms. The molecule has 0 saturated carbocycles. The van der Waals surface area contributed by atoms with Crippen molar-refractivity contribution in [1.29, 1.82) is 5.41 Å². The SMILES string of the molecule is C[C@@H](CC(=N)c1[c]cccn1)N(C)C. The molecule has 75 valence electrons. The number of hydrogen-bond donors (Lipinski definition) is 1. The third-order valence-electron chi connectivity index (χ3n) is 2.27.